The first-order valence-corrected chi connectivity index (χ1v) is 8.43. The lowest BCUT2D eigenvalue weighted by molar-refractivity contribution is 0.190. The summed E-state index contributed by atoms with van der Waals surface area (Å²) >= 11 is 0. The third kappa shape index (κ3) is 4.17. The Morgan fingerprint density at radius 1 is 1.11 bits per heavy atom. The average Bonchev–Trinajstić information content (AvgIpc) is 3.18. The van der Waals surface area contributed by atoms with Gasteiger partial charge in [0.25, 0.3) is 5.89 Å². The molecule has 1 N–H and O–H groups in total. The molecule has 1 atom stereocenters. The summed E-state index contributed by atoms with van der Waals surface area (Å²) in [6, 6.07) is 9.38. The second kappa shape index (κ2) is 8.50. The summed E-state index contributed by atoms with van der Waals surface area (Å²) in [7, 11) is 4.82. The number of pyridine rings is 1. The van der Waals surface area contributed by atoms with Crippen LogP contribution in [0.15, 0.2) is 41.1 Å². The van der Waals surface area contributed by atoms with Crippen LogP contribution >= 0.6 is 0 Å². The lowest BCUT2D eigenvalue weighted by Crippen LogP contribution is -2.21. The third-order valence-electron chi connectivity index (χ3n) is 3.89. The summed E-state index contributed by atoms with van der Waals surface area (Å²) in [6.07, 6.45) is 1.68. The normalized spacial score (nSPS) is 11.9. The van der Waals surface area contributed by atoms with E-state index >= 15 is 0 Å². The molecule has 0 radical (unpaired) electrons. The molecule has 8 nitrogen and oxygen atoms in total. The lowest BCUT2D eigenvalue weighted by Gasteiger charge is -2.13. The van der Waals surface area contributed by atoms with Crippen LogP contribution in [-0.2, 0) is 4.74 Å². The van der Waals surface area contributed by atoms with Crippen LogP contribution in [0, 0.1) is 0 Å². The van der Waals surface area contributed by atoms with Crippen molar-refractivity contribution < 1.29 is 18.7 Å². The summed E-state index contributed by atoms with van der Waals surface area (Å²) in [5.74, 6) is 2.69. The molecule has 0 bridgehead atoms. The fourth-order valence-electron chi connectivity index (χ4n) is 2.66. The maximum absolute atomic E-state index is 5.43. The molecule has 0 aliphatic carbocycles. The topological polar surface area (TPSA) is 91.5 Å². The van der Waals surface area contributed by atoms with Crippen molar-refractivity contribution in [3.8, 4) is 34.3 Å². The van der Waals surface area contributed by atoms with E-state index in [0.29, 0.717) is 35.4 Å². The van der Waals surface area contributed by atoms with Crippen LogP contribution in [0.25, 0.3) is 22.8 Å². The predicted molar refractivity (Wildman–Crippen MR) is 101 cm³/mol. The number of anilines is 1. The standard InChI is InChI=1S/C19H22N4O4/c1-12(11-24-2)21-16-9-8-13(10-20-16)19-22-18(23-27-19)14-6-5-7-15(25-3)17(14)26-4/h5-10,12H,11H2,1-4H3,(H,20,21)/t12-/m0/s1. The lowest BCUT2D eigenvalue weighted by atomic mass is 10.1. The van der Waals surface area contributed by atoms with Gasteiger partial charge in [0.1, 0.15) is 5.82 Å². The highest BCUT2D eigenvalue weighted by Gasteiger charge is 2.17. The minimum absolute atomic E-state index is 0.156. The molecule has 27 heavy (non-hydrogen) atoms. The van der Waals surface area contributed by atoms with E-state index in [-0.39, 0.29) is 6.04 Å². The Hall–Kier alpha value is -3.13. The Bertz CT molecular complexity index is 880. The van der Waals surface area contributed by atoms with E-state index in [1.807, 2.05) is 37.3 Å². The molecule has 2 heterocycles. The number of benzene rings is 1. The zero-order valence-corrected chi connectivity index (χ0v) is 15.7. The summed E-state index contributed by atoms with van der Waals surface area (Å²) in [4.78, 5) is 8.84. The molecule has 0 aliphatic heterocycles. The largest absolute Gasteiger partial charge is 0.493 e. The second-order valence-corrected chi connectivity index (χ2v) is 5.90. The molecule has 0 saturated heterocycles. The Morgan fingerprint density at radius 3 is 2.63 bits per heavy atom. The molecule has 0 saturated carbocycles. The molecule has 2 aromatic heterocycles. The molecule has 142 valence electrons. The number of methoxy groups -OCH3 is 3. The van der Waals surface area contributed by atoms with Gasteiger partial charge in [-0.15, -0.1) is 0 Å². The zero-order chi connectivity index (χ0) is 19.2. The fraction of sp³-hybridized carbons (Fsp3) is 0.316. The van der Waals surface area contributed by atoms with Crippen molar-refractivity contribution in [3.63, 3.8) is 0 Å². The molecule has 0 spiro atoms. The van der Waals surface area contributed by atoms with E-state index in [4.69, 9.17) is 18.7 Å². The number of aromatic nitrogens is 3. The SMILES string of the molecule is COC[C@H](C)Nc1ccc(-c2nc(-c3cccc(OC)c3OC)no2)cn1. The van der Waals surface area contributed by atoms with Crippen molar-refractivity contribution >= 4 is 5.82 Å². The zero-order valence-electron chi connectivity index (χ0n) is 15.7. The molecule has 0 fully saturated rings. The van der Waals surface area contributed by atoms with Crippen molar-refractivity contribution in [1.82, 2.24) is 15.1 Å². The van der Waals surface area contributed by atoms with E-state index in [1.165, 1.54) is 0 Å². The van der Waals surface area contributed by atoms with Crippen molar-refractivity contribution in [3.05, 3.63) is 36.5 Å². The van der Waals surface area contributed by atoms with E-state index in [9.17, 15) is 0 Å². The highest BCUT2D eigenvalue weighted by molar-refractivity contribution is 5.69. The predicted octanol–water partition coefficient (Wildman–Crippen LogP) is 3.26. The number of para-hydroxylation sites is 1. The van der Waals surface area contributed by atoms with Gasteiger partial charge in [-0.3, -0.25) is 0 Å². The number of rotatable bonds is 8. The molecule has 0 aliphatic rings. The monoisotopic (exact) mass is 370 g/mol. The van der Waals surface area contributed by atoms with Gasteiger partial charge in [0, 0.05) is 19.3 Å². The quantitative estimate of drug-likeness (QED) is 0.646. The van der Waals surface area contributed by atoms with Gasteiger partial charge in [-0.25, -0.2) is 4.98 Å². The fourth-order valence-corrected chi connectivity index (χ4v) is 2.66. The summed E-state index contributed by atoms with van der Waals surface area (Å²) < 4.78 is 21.3. The van der Waals surface area contributed by atoms with Crippen molar-refractivity contribution in [2.24, 2.45) is 0 Å². The summed E-state index contributed by atoms with van der Waals surface area (Å²) in [5.41, 5.74) is 1.41. The summed E-state index contributed by atoms with van der Waals surface area (Å²) in [6.45, 7) is 2.61. The minimum Gasteiger partial charge on any atom is -0.493 e. The van der Waals surface area contributed by atoms with Gasteiger partial charge in [-0.1, -0.05) is 11.2 Å². The number of nitrogens with zero attached hydrogens (tertiary/aromatic N) is 3. The highest BCUT2D eigenvalue weighted by Crippen LogP contribution is 2.37. The van der Waals surface area contributed by atoms with Gasteiger partial charge in [0.15, 0.2) is 11.5 Å². The van der Waals surface area contributed by atoms with E-state index < -0.39 is 0 Å². The first-order valence-electron chi connectivity index (χ1n) is 8.43. The van der Waals surface area contributed by atoms with Crippen molar-refractivity contribution in [1.29, 1.82) is 0 Å². The van der Waals surface area contributed by atoms with Crippen molar-refractivity contribution in [2.45, 2.75) is 13.0 Å². The van der Waals surface area contributed by atoms with Crippen LogP contribution < -0.4 is 14.8 Å². The Morgan fingerprint density at radius 2 is 1.96 bits per heavy atom. The first kappa shape index (κ1) is 18.7. The molecule has 8 heteroatoms. The van der Waals surface area contributed by atoms with Crippen LogP contribution in [0.4, 0.5) is 5.82 Å². The Kier molecular flexibility index (Phi) is 5.87. The molecular weight excluding hydrogens is 348 g/mol. The average molecular weight is 370 g/mol. The third-order valence-corrected chi connectivity index (χ3v) is 3.89. The molecule has 3 rings (SSSR count). The maximum Gasteiger partial charge on any atom is 0.259 e. The van der Waals surface area contributed by atoms with Crippen LogP contribution in [0.1, 0.15) is 6.92 Å². The van der Waals surface area contributed by atoms with Gasteiger partial charge in [-0.05, 0) is 31.2 Å². The van der Waals surface area contributed by atoms with E-state index in [2.05, 4.69) is 20.4 Å². The number of nitrogens with one attached hydrogen (secondary N) is 1. The van der Waals surface area contributed by atoms with Gasteiger partial charge < -0.3 is 24.1 Å². The molecule has 1 aromatic carbocycles. The van der Waals surface area contributed by atoms with E-state index in [1.54, 1.807) is 27.5 Å². The van der Waals surface area contributed by atoms with Gasteiger partial charge >= 0.3 is 0 Å². The Balaban J connectivity index is 1.82. The van der Waals surface area contributed by atoms with Gasteiger partial charge in [0.05, 0.1) is 32.0 Å². The molecular formula is C19H22N4O4. The smallest absolute Gasteiger partial charge is 0.259 e. The van der Waals surface area contributed by atoms with Gasteiger partial charge in [0.2, 0.25) is 5.82 Å². The van der Waals surface area contributed by atoms with Crippen LogP contribution in [0.3, 0.4) is 0 Å². The Labute approximate surface area is 157 Å². The molecule has 3 aromatic rings. The van der Waals surface area contributed by atoms with Gasteiger partial charge in [-0.2, -0.15) is 4.98 Å². The number of ether oxygens (including phenoxy) is 3. The van der Waals surface area contributed by atoms with Crippen molar-refractivity contribution in [2.75, 3.05) is 33.3 Å². The van der Waals surface area contributed by atoms with E-state index in [0.717, 1.165) is 11.4 Å². The minimum atomic E-state index is 0.156. The highest BCUT2D eigenvalue weighted by atomic mass is 16.5. The molecule has 0 unspecified atom stereocenters. The maximum atomic E-state index is 5.43. The summed E-state index contributed by atoms with van der Waals surface area (Å²) in [5, 5.41) is 7.31. The molecule has 0 amide bonds. The second-order valence-electron chi connectivity index (χ2n) is 5.90. The number of hydrogen-bond donors (Lipinski definition) is 1. The van der Waals surface area contributed by atoms with Crippen LogP contribution in [-0.4, -0.2) is 49.1 Å². The number of hydrogen-bond acceptors (Lipinski definition) is 8. The first-order chi connectivity index (χ1) is 13.2. The van der Waals surface area contributed by atoms with Crippen LogP contribution in [0.2, 0.25) is 0 Å². The van der Waals surface area contributed by atoms with Crippen LogP contribution in [0.5, 0.6) is 11.5 Å².